The van der Waals surface area contributed by atoms with Gasteiger partial charge in [0.25, 0.3) is 11.5 Å². The molecule has 1 aliphatic rings. The van der Waals surface area contributed by atoms with Gasteiger partial charge in [0.2, 0.25) is 0 Å². The third-order valence-electron chi connectivity index (χ3n) is 6.82. The summed E-state index contributed by atoms with van der Waals surface area (Å²) in [7, 11) is 1.65. The first-order valence-electron chi connectivity index (χ1n) is 12.3. The molecule has 1 aliphatic heterocycles. The number of aromatic nitrogens is 3. The fourth-order valence-corrected chi connectivity index (χ4v) is 4.94. The van der Waals surface area contributed by atoms with Crippen molar-refractivity contribution in [1.29, 1.82) is 0 Å². The number of carbonyl (C=O) groups is 2. The molecule has 190 valence electrons. The molecule has 1 N–H and O–H groups in total. The Morgan fingerprint density at radius 3 is 2.62 bits per heavy atom. The van der Waals surface area contributed by atoms with Gasteiger partial charge in [0.1, 0.15) is 11.3 Å². The number of anilines is 1. The summed E-state index contributed by atoms with van der Waals surface area (Å²) in [5.74, 6) is 0.347. The first-order valence-corrected chi connectivity index (χ1v) is 12.3. The Bertz CT molecular complexity index is 1550. The molecule has 0 unspecified atom stereocenters. The number of benzene rings is 2. The van der Waals surface area contributed by atoms with Crippen LogP contribution in [0.1, 0.15) is 51.4 Å². The lowest BCUT2D eigenvalue weighted by atomic mass is 10.0. The lowest BCUT2D eigenvalue weighted by molar-refractivity contribution is 0.101. The van der Waals surface area contributed by atoms with Crippen molar-refractivity contribution in [2.24, 2.45) is 0 Å². The first-order chi connectivity index (χ1) is 17.9. The number of nitrogens with one attached hydrogen (secondary N) is 1. The van der Waals surface area contributed by atoms with E-state index in [-0.39, 0.29) is 17.2 Å². The zero-order chi connectivity index (χ0) is 26.1. The number of aryl methyl sites for hydroxylation is 1. The second-order valence-corrected chi connectivity index (χ2v) is 9.17. The van der Waals surface area contributed by atoms with Gasteiger partial charge < -0.3 is 14.6 Å². The summed E-state index contributed by atoms with van der Waals surface area (Å²) < 4.78 is 8.60. The standard InChI is InChI=1S/C28H29N5O4/c1-4-32-25-12-13-31(16-19-8-10-22(37-3)11-9-19)17-24(25)28(36)33-27(32)23(15-29-33)26(35)30-21-7-5-6-20(14-21)18(2)34/h5-11,14-15H,4,12-13,16-17H2,1-3H3,(H,30,35). The number of hydrogen-bond donors (Lipinski definition) is 1. The number of nitrogens with zero attached hydrogens (tertiary/aromatic N) is 4. The van der Waals surface area contributed by atoms with Crippen LogP contribution in [0.3, 0.4) is 0 Å². The van der Waals surface area contributed by atoms with Gasteiger partial charge in [-0.15, -0.1) is 0 Å². The summed E-state index contributed by atoms with van der Waals surface area (Å²) in [6.45, 7) is 6.10. The Hall–Kier alpha value is -4.24. The van der Waals surface area contributed by atoms with Crippen molar-refractivity contribution in [2.45, 2.75) is 39.9 Å². The van der Waals surface area contributed by atoms with Gasteiger partial charge in [-0.25, -0.2) is 0 Å². The topological polar surface area (TPSA) is 97.9 Å². The van der Waals surface area contributed by atoms with Crippen LogP contribution in [-0.4, -0.2) is 44.4 Å². The molecule has 0 fully saturated rings. The van der Waals surface area contributed by atoms with Gasteiger partial charge in [-0.1, -0.05) is 24.3 Å². The Labute approximate surface area is 214 Å². The number of rotatable bonds is 7. The van der Waals surface area contributed by atoms with E-state index >= 15 is 0 Å². The number of amides is 1. The molecular formula is C28H29N5O4. The van der Waals surface area contributed by atoms with Crippen LogP contribution in [0.25, 0.3) is 5.65 Å². The molecule has 0 atom stereocenters. The van der Waals surface area contributed by atoms with Crippen LogP contribution in [0.5, 0.6) is 5.75 Å². The monoisotopic (exact) mass is 499 g/mol. The van der Waals surface area contributed by atoms with Crippen molar-refractivity contribution in [3.05, 3.63) is 93.0 Å². The van der Waals surface area contributed by atoms with Crippen LogP contribution in [0.4, 0.5) is 5.69 Å². The maximum atomic E-state index is 13.5. The highest BCUT2D eigenvalue weighted by atomic mass is 16.5. The molecule has 37 heavy (non-hydrogen) atoms. The summed E-state index contributed by atoms with van der Waals surface area (Å²) in [5, 5.41) is 7.16. The minimum absolute atomic E-state index is 0.0837. The van der Waals surface area contributed by atoms with Crippen LogP contribution >= 0.6 is 0 Å². The molecule has 3 heterocycles. The quantitative estimate of drug-likeness (QED) is 0.391. The molecule has 5 rings (SSSR count). The molecule has 2 aromatic heterocycles. The maximum Gasteiger partial charge on any atom is 0.279 e. The smallest absolute Gasteiger partial charge is 0.279 e. The van der Waals surface area contributed by atoms with Gasteiger partial charge in [-0.3, -0.25) is 19.3 Å². The van der Waals surface area contributed by atoms with Crippen LogP contribution in [0, 0.1) is 0 Å². The first kappa shape index (κ1) is 24.5. The number of fused-ring (bicyclic) bond motifs is 2. The van der Waals surface area contributed by atoms with Crippen LogP contribution < -0.4 is 15.6 Å². The second kappa shape index (κ2) is 10.0. The van der Waals surface area contributed by atoms with E-state index in [1.807, 2.05) is 35.8 Å². The molecule has 1 amide bonds. The molecule has 2 aromatic carbocycles. The van der Waals surface area contributed by atoms with Crippen LogP contribution in [0.15, 0.2) is 59.5 Å². The van der Waals surface area contributed by atoms with E-state index in [9.17, 15) is 14.4 Å². The number of Topliss-reactive ketones (excluding diaryl/α,β-unsaturated/α-hetero) is 1. The van der Waals surface area contributed by atoms with Gasteiger partial charge in [-0.2, -0.15) is 9.61 Å². The molecule has 0 aliphatic carbocycles. The van der Waals surface area contributed by atoms with Crippen molar-refractivity contribution < 1.29 is 14.3 Å². The summed E-state index contributed by atoms with van der Waals surface area (Å²) in [6, 6.07) is 14.7. The highest BCUT2D eigenvalue weighted by molar-refractivity contribution is 6.08. The zero-order valence-electron chi connectivity index (χ0n) is 21.2. The lowest BCUT2D eigenvalue weighted by Crippen LogP contribution is -2.38. The summed E-state index contributed by atoms with van der Waals surface area (Å²) in [4.78, 5) is 40.7. The minimum atomic E-state index is -0.380. The number of methoxy groups -OCH3 is 1. The number of hydrogen-bond acceptors (Lipinski definition) is 6. The third kappa shape index (κ3) is 4.65. The summed E-state index contributed by atoms with van der Waals surface area (Å²) in [6.07, 6.45) is 2.13. The molecule has 0 spiro atoms. The summed E-state index contributed by atoms with van der Waals surface area (Å²) >= 11 is 0. The average Bonchev–Trinajstić information content (AvgIpc) is 3.35. The molecule has 4 aromatic rings. The Balaban J connectivity index is 1.46. The van der Waals surface area contributed by atoms with Crippen LogP contribution in [-0.2, 0) is 26.1 Å². The molecule has 9 nitrogen and oxygen atoms in total. The van der Waals surface area contributed by atoms with Gasteiger partial charge in [0.05, 0.1) is 18.9 Å². The molecular weight excluding hydrogens is 470 g/mol. The maximum absolute atomic E-state index is 13.5. The SMILES string of the molecule is CCn1c2c(c(=O)n3ncc(C(=O)Nc4cccc(C(C)=O)c4)c13)CN(Cc1ccc(OC)cc1)CC2. The Morgan fingerprint density at radius 2 is 1.92 bits per heavy atom. The van der Waals surface area contributed by atoms with Crippen molar-refractivity contribution in [3.8, 4) is 5.75 Å². The number of ether oxygens (including phenoxy) is 1. The lowest BCUT2D eigenvalue weighted by Gasteiger charge is -2.30. The fourth-order valence-electron chi connectivity index (χ4n) is 4.94. The Morgan fingerprint density at radius 1 is 1.14 bits per heavy atom. The normalized spacial score (nSPS) is 13.4. The predicted octanol–water partition coefficient (Wildman–Crippen LogP) is 3.54. The van der Waals surface area contributed by atoms with E-state index in [1.54, 1.807) is 31.4 Å². The number of ketones is 1. The highest BCUT2D eigenvalue weighted by Crippen LogP contribution is 2.23. The number of carbonyl (C=O) groups excluding carboxylic acids is 2. The van der Waals surface area contributed by atoms with Crippen LogP contribution in [0.2, 0.25) is 0 Å². The van der Waals surface area contributed by atoms with Gasteiger partial charge in [0.15, 0.2) is 11.4 Å². The van der Waals surface area contributed by atoms with Gasteiger partial charge in [-0.05, 0) is 43.7 Å². The summed E-state index contributed by atoms with van der Waals surface area (Å²) in [5.41, 5.74) is 4.41. The van der Waals surface area contributed by atoms with Crippen molar-refractivity contribution in [1.82, 2.24) is 19.1 Å². The van der Waals surface area contributed by atoms with Crippen molar-refractivity contribution in [3.63, 3.8) is 0 Å². The van der Waals surface area contributed by atoms with E-state index in [0.717, 1.165) is 30.1 Å². The Kier molecular flexibility index (Phi) is 6.62. The fraction of sp³-hybridized carbons (Fsp3) is 0.286. The van der Waals surface area contributed by atoms with E-state index in [0.29, 0.717) is 47.5 Å². The van der Waals surface area contributed by atoms with Crippen molar-refractivity contribution >= 4 is 23.0 Å². The molecule has 0 saturated heterocycles. The second-order valence-electron chi connectivity index (χ2n) is 9.17. The van der Waals surface area contributed by atoms with E-state index < -0.39 is 0 Å². The molecule has 0 radical (unpaired) electrons. The van der Waals surface area contributed by atoms with E-state index in [4.69, 9.17) is 4.74 Å². The largest absolute Gasteiger partial charge is 0.497 e. The third-order valence-corrected chi connectivity index (χ3v) is 6.82. The molecule has 0 saturated carbocycles. The van der Waals surface area contributed by atoms with E-state index in [2.05, 4.69) is 15.3 Å². The van der Waals surface area contributed by atoms with Gasteiger partial charge in [0, 0.05) is 49.5 Å². The minimum Gasteiger partial charge on any atom is -0.497 e. The predicted molar refractivity (Wildman–Crippen MR) is 140 cm³/mol. The zero-order valence-corrected chi connectivity index (χ0v) is 21.2. The average molecular weight is 500 g/mol. The van der Waals surface area contributed by atoms with E-state index in [1.165, 1.54) is 17.6 Å². The van der Waals surface area contributed by atoms with Gasteiger partial charge >= 0.3 is 0 Å². The van der Waals surface area contributed by atoms with Crippen molar-refractivity contribution in [2.75, 3.05) is 19.0 Å². The molecule has 9 heteroatoms. The highest BCUT2D eigenvalue weighted by Gasteiger charge is 2.27. The molecule has 0 bridgehead atoms.